The molecule has 0 aliphatic carbocycles. The van der Waals surface area contributed by atoms with Gasteiger partial charge in [0.15, 0.2) is 0 Å². The Hall–Kier alpha value is -0.970. The smallest absolute Gasteiger partial charge is 0.147 e. The molecule has 0 amide bonds. The maximum Gasteiger partial charge on any atom is 0.147 e. The number of halogens is 1. The molecular weight excluding hydrogens is 230 g/mol. The number of rotatable bonds is 2. The predicted molar refractivity (Wildman–Crippen MR) is 65.2 cm³/mol. The zero-order valence-electron chi connectivity index (χ0n) is 8.25. The molecule has 1 heterocycles. The summed E-state index contributed by atoms with van der Waals surface area (Å²) in [5, 5.41) is 9.94. The van der Waals surface area contributed by atoms with Crippen LogP contribution in [0.25, 0.3) is 10.6 Å². The first-order valence-electron chi connectivity index (χ1n) is 4.42. The summed E-state index contributed by atoms with van der Waals surface area (Å²) in [5.74, 6) is 0. The quantitative estimate of drug-likeness (QED) is 0.880. The van der Waals surface area contributed by atoms with E-state index < -0.39 is 0 Å². The molecule has 5 heteroatoms. The topological polar surface area (TPSA) is 51.8 Å². The van der Waals surface area contributed by atoms with Crippen LogP contribution in [0.5, 0.6) is 0 Å². The minimum atomic E-state index is -0.0371. The van der Waals surface area contributed by atoms with Gasteiger partial charge in [0, 0.05) is 5.56 Å². The Kier molecular flexibility index (Phi) is 4.20. The molecule has 0 aliphatic rings. The highest BCUT2D eigenvalue weighted by molar-refractivity contribution is 7.14. The van der Waals surface area contributed by atoms with E-state index in [1.807, 2.05) is 37.3 Å². The summed E-state index contributed by atoms with van der Waals surface area (Å²) in [4.78, 5) is 0. The van der Waals surface area contributed by atoms with Gasteiger partial charge in [0.25, 0.3) is 0 Å². The molecule has 1 aromatic carbocycles. The Morgan fingerprint density at radius 3 is 2.40 bits per heavy atom. The summed E-state index contributed by atoms with van der Waals surface area (Å²) < 4.78 is 0. The Labute approximate surface area is 98.8 Å². The Bertz CT molecular complexity index is 414. The van der Waals surface area contributed by atoms with E-state index in [4.69, 9.17) is 5.73 Å². The van der Waals surface area contributed by atoms with Crippen molar-refractivity contribution in [2.24, 2.45) is 5.73 Å². The normalized spacial score (nSPS) is 11.9. The zero-order chi connectivity index (χ0) is 9.97. The highest BCUT2D eigenvalue weighted by Crippen LogP contribution is 2.25. The van der Waals surface area contributed by atoms with E-state index in [2.05, 4.69) is 10.2 Å². The largest absolute Gasteiger partial charge is 0.322 e. The van der Waals surface area contributed by atoms with Crippen molar-refractivity contribution >= 4 is 23.7 Å². The van der Waals surface area contributed by atoms with Crippen LogP contribution in [0.1, 0.15) is 18.0 Å². The summed E-state index contributed by atoms with van der Waals surface area (Å²) in [7, 11) is 0. The fourth-order valence-corrected chi connectivity index (χ4v) is 1.92. The summed E-state index contributed by atoms with van der Waals surface area (Å²) in [6.07, 6.45) is 0. The van der Waals surface area contributed by atoms with Crippen LogP contribution < -0.4 is 5.73 Å². The highest BCUT2D eigenvalue weighted by Gasteiger charge is 2.08. The minimum absolute atomic E-state index is 0. The minimum Gasteiger partial charge on any atom is -0.322 e. The molecule has 0 aliphatic heterocycles. The van der Waals surface area contributed by atoms with E-state index in [-0.39, 0.29) is 18.4 Å². The molecule has 0 saturated carbocycles. The summed E-state index contributed by atoms with van der Waals surface area (Å²) in [5.41, 5.74) is 6.81. The van der Waals surface area contributed by atoms with Crippen LogP contribution in [0.2, 0.25) is 0 Å². The lowest BCUT2D eigenvalue weighted by molar-refractivity contribution is 0.786. The summed E-state index contributed by atoms with van der Waals surface area (Å²) >= 11 is 1.55. The summed E-state index contributed by atoms with van der Waals surface area (Å²) in [6, 6.07) is 9.96. The average molecular weight is 242 g/mol. The highest BCUT2D eigenvalue weighted by atomic mass is 35.5. The Balaban J connectivity index is 0.00000112. The Morgan fingerprint density at radius 2 is 1.87 bits per heavy atom. The van der Waals surface area contributed by atoms with Crippen molar-refractivity contribution in [2.45, 2.75) is 13.0 Å². The molecule has 0 radical (unpaired) electrons. The average Bonchev–Trinajstić information content (AvgIpc) is 2.68. The lowest BCUT2D eigenvalue weighted by atomic mass is 10.2. The zero-order valence-corrected chi connectivity index (χ0v) is 9.89. The van der Waals surface area contributed by atoms with Crippen molar-refractivity contribution in [3.05, 3.63) is 35.3 Å². The van der Waals surface area contributed by atoms with E-state index in [1.54, 1.807) is 11.3 Å². The second-order valence-corrected chi connectivity index (χ2v) is 4.11. The van der Waals surface area contributed by atoms with Crippen LogP contribution in [0.15, 0.2) is 30.3 Å². The molecule has 1 unspecified atom stereocenters. The fraction of sp³-hybridized carbons (Fsp3) is 0.200. The lowest BCUT2D eigenvalue weighted by Crippen LogP contribution is -2.03. The van der Waals surface area contributed by atoms with Crippen LogP contribution >= 0.6 is 23.7 Å². The van der Waals surface area contributed by atoms with Gasteiger partial charge >= 0.3 is 0 Å². The SMILES string of the molecule is CC(N)c1nnc(-c2ccccc2)s1.Cl. The summed E-state index contributed by atoms with van der Waals surface area (Å²) in [6.45, 7) is 1.91. The van der Waals surface area contributed by atoms with Crippen molar-refractivity contribution in [3.63, 3.8) is 0 Å². The molecule has 2 rings (SSSR count). The first-order chi connectivity index (χ1) is 6.77. The van der Waals surface area contributed by atoms with Gasteiger partial charge in [0.1, 0.15) is 10.0 Å². The monoisotopic (exact) mass is 241 g/mol. The molecule has 15 heavy (non-hydrogen) atoms. The number of nitrogens with two attached hydrogens (primary N) is 1. The number of nitrogens with zero attached hydrogens (tertiary/aromatic N) is 2. The van der Waals surface area contributed by atoms with Gasteiger partial charge < -0.3 is 5.73 Å². The van der Waals surface area contributed by atoms with Crippen LogP contribution in [-0.4, -0.2) is 10.2 Å². The van der Waals surface area contributed by atoms with Crippen LogP contribution in [0, 0.1) is 0 Å². The van der Waals surface area contributed by atoms with Crippen molar-refractivity contribution in [2.75, 3.05) is 0 Å². The third kappa shape index (κ3) is 2.75. The second-order valence-electron chi connectivity index (χ2n) is 3.10. The second kappa shape index (κ2) is 5.21. The van der Waals surface area contributed by atoms with E-state index >= 15 is 0 Å². The van der Waals surface area contributed by atoms with Gasteiger partial charge in [-0.25, -0.2) is 0 Å². The molecule has 80 valence electrons. The predicted octanol–water partition coefficient (Wildman–Crippen LogP) is 2.65. The van der Waals surface area contributed by atoms with E-state index in [0.717, 1.165) is 15.6 Å². The van der Waals surface area contributed by atoms with Gasteiger partial charge in [0.2, 0.25) is 0 Å². The van der Waals surface area contributed by atoms with Crippen LogP contribution in [0.3, 0.4) is 0 Å². The molecule has 1 atom stereocenters. The fourth-order valence-electron chi connectivity index (χ4n) is 1.12. The molecule has 3 nitrogen and oxygen atoms in total. The molecule has 2 aromatic rings. The van der Waals surface area contributed by atoms with Gasteiger partial charge in [-0.05, 0) is 6.92 Å². The first-order valence-corrected chi connectivity index (χ1v) is 5.23. The van der Waals surface area contributed by atoms with Gasteiger partial charge in [0.05, 0.1) is 6.04 Å². The third-order valence-electron chi connectivity index (χ3n) is 1.85. The van der Waals surface area contributed by atoms with Crippen molar-refractivity contribution in [1.29, 1.82) is 0 Å². The van der Waals surface area contributed by atoms with E-state index in [0.29, 0.717) is 0 Å². The lowest BCUT2D eigenvalue weighted by Gasteiger charge is -1.95. The number of aromatic nitrogens is 2. The molecule has 0 bridgehead atoms. The van der Waals surface area contributed by atoms with Crippen LogP contribution in [-0.2, 0) is 0 Å². The Morgan fingerprint density at radius 1 is 1.20 bits per heavy atom. The van der Waals surface area contributed by atoms with Gasteiger partial charge in [-0.1, -0.05) is 41.7 Å². The maximum absolute atomic E-state index is 5.71. The molecular formula is C10H12ClN3S. The molecule has 0 fully saturated rings. The number of hydrogen-bond donors (Lipinski definition) is 1. The van der Waals surface area contributed by atoms with Crippen molar-refractivity contribution < 1.29 is 0 Å². The maximum atomic E-state index is 5.71. The molecule has 0 saturated heterocycles. The van der Waals surface area contributed by atoms with Gasteiger partial charge in [-0.15, -0.1) is 22.6 Å². The van der Waals surface area contributed by atoms with E-state index in [9.17, 15) is 0 Å². The van der Waals surface area contributed by atoms with Crippen molar-refractivity contribution in [1.82, 2.24) is 10.2 Å². The standard InChI is InChI=1S/C10H11N3S.ClH/c1-7(11)9-12-13-10(14-9)8-5-3-2-4-6-8;/h2-7H,11H2,1H3;1H. The van der Waals surface area contributed by atoms with Crippen LogP contribution in [0.4, 0.5) is 0 Å². The molecule has 1 aromatic heterocycles. The first kappa shape index (κ1) is 12.1. The van der Waals surface area contributed by atoms with Gasteiger partial charge in [-0.2, -0.15) is 0 Å². The number of hydrogen-bond acceptors (Lipinski definition) is 4. The number of benzene rings is 1. The molecule has 2 N–H and O–H groups in total. The third-order valence-corrected chi connectivity index (χ3v) is 3.02. The van der Waals surface area contributed by atoms with E-state index in [1.165, 1.54) is 0 Å². The molecule has 0 spiro atoms. The van der Waals surface area contributed by atoms with Gasteiger partial charge in [-0.3, -0.25) is 0 Å². The van der Waals surface area contributed by atoms with Crippen molar-refractivity contribution in [3.8, 4) is 10.6 Å².